The van der Waals surface area contributed by atoms with Gasteiger partial charge in [-0.1, -0.05) is 37.6 Å². The van der Waals surface area contributed by atoms with Crippen molar-refractivity contribution >= 4 is 17.6 Å². The summed E-state index contributed by atoms with van der Waals surface area (Å²) in [6, 6.07) is 6.87. The number of ether oxygens (including phenoxy) is 11. The Balaban J connectivity index is 0.924. The lowest BCUT2D eigenvalue weighted by Crippen LogP contribution is -2.78. The lowest BCUT2D eigenvalue weighted by molar-refractivity contribution is -0.352. The van der Waals surface area contributed by atoms with Crippen molar-refractivity contribution in [1.29, 1.82) is 0 Å². The predicted molar refractivity (Wildman–Crippen MR) is 253 cm³/mol. The van der Waals surface area contributed by atoms with E-state index >= 15 is 0 Å². The van der Waals surface area contributed by atoms with Crippen LogP contribution in [-0.2, 0) is 56.9 Å². The number of nitrogens with one attached hydrogen (secondary N) is 1. The molecule has 71 heavy (non-hydrogen) atoms. The molecule has 1 aromatic carbocycles. The molecule has 3 heterocycles. The molecule has 0 aromatic heterocycles. The van der Waals surface area contributed by atoms with Crippen LogP contribution in [0.5, 0.6) is 0 Å². The first-order valence-corrected chi connectivity index (χ1v) is 25.4. The first-order chi connectivity index (χ1) is 33.5. The Hall–Kier alpha value is -2.86. The quantitative estimate of drug-likeness (QED) is 0.115. The van der Waals surface area contributed by atoms with Gasteiger partial charge >= 0.3 is 11.9 Å². The number of carbonyl (C=O) groups excluding carboxylic acids is 2. The van der Waals surface area contributed by atoms with Crippen LogP contribution in [0.15, 0.2) is 35.9 Å². The molecule has 6 fully saturated rings. The Bertz CT molecular complexity index is 2100. The largest absolute Gasteiger partial charge is 0.462 e. The lowest BCUT2D eigenvalue weighted by atomic mass is 9.42. The summed E-state index contributed by atoms with van der Waals surface area (Å²) in [6.07, 6.45) is -7.16. The van der Waals surface area contributed by atoms with Crippen LogP contribution in [-0.4, -0.2) is 181 Å². The van der Waals surface area contributed by atoms with E-state index in [1.165, 1.54) is 14.0 Å². The molecule has 400 valence electrons. The second-order valence-corrected chi connectivity index (χ2v) is 21.6. The third-order valence-electron chi connectivity index (χ3n) is 18.1. The number of aliphatic hydroxyl groups is 5. The van der Waals surface area contributed by atoms with Gasteiger partial charge in [0, 0.05) is 59.7 Å². The minimum Gasteiger partial charge on any atom is -0.462 e. The van der Waals surface area contributed by atoms with E-state index in [2.05, 4.69) is 12.2 Å². The number of methoxy groups -OCH3 is 3. The van der Waals surface area contributed by atoms with Crippen molar-refractivity contribution in [2.45, 2.75) is 221 Å². The molecule has 3 saturated carbocycles. The number of aliphatic hydroxyl groups excluding tert-OH is 2. The average molecular weight is 1010 g/mol. The Morgan fingerprint density at radius 2 is 1.42 bits per heavy atom. The highest BCUT2D eigenvalue weighted by Crippen LogP contribution is 2.71. The highest BCUT2D eigenvalue weighted by atomic mass is 16.8. The number of carbonyl (C=O) groups is 2. The van der Waals surface area contributed by atoms with Crippen LogP contribution >= 0.6 is 0 Å². The van der Waals surface area contributed by atoms with E-state index in [4.69, 9.17) is 52.1 Å². The Kier molecular flexibility index (Phi) is 15.9. The van der Waals surface area contributed by atoms with E-state index in [1.54, 1.807) is 66.3 Å². The van der Waals surface area contributed by atoms with Gasteiger partial charge in [0.05, 0.1) is 47.6 Å². The number of hydrogen-bond donors (Lipinski definition) is 6. The first-order valence-electron chi connectivity index (χ1n) is 25.4. The molecule has 0 unspecified atom stereocenters. The number of benzene rings is 1. The van der Waals surface area contributed by atoms with Gasteiger partial charge in [-0.05, 0) is 90.2 Å². The number of para-hydroxylation sites is 1. The van der Waals surface area contributed by atoms with Crippen LogP contribution in [0.1, 0.15) is 117 Å². The summed E-state index contributed by atoms with van der Waals surface area (Å²) in [5, 5.41) is 63.4. The summed E-state index contributed by atoms with van der Waals surface area (Å²) >= 11 is 0. The third-order valence-corrected chi connectivity index (χ3v) is 18.1. The zero-order chi connectivity index (χ0) is 51.6. The fraction of sp³-hybridized carbons (Fsp3) is 0.808. The molecule has 3 aliphatic heterocycles. The van der Waals surface area contributed by atoms with E-state index in [1.807, 2.05) is 19.9 Å². The predicted octanol–water partition coefficient (Wildman–Crippen LogP) is 3.68. The molecule has 0 radical (unpaired) electrons. The Labute approximate surface area is 417 Å². The van der Waals surface area contributed by atoms with Crippen molar-refractivity contribution in [1.82, 2.24) is 0 Å². The van der Waals surface area contributed by atoms with Gasteiger partial charge in [0.15, 0.2) is 18.9 Å². The molecule has 19 nitrogen and oxygen atoms in total. The zero-order valence-electron chi connectivity index (χ0n) is 43.1. The number of anilines is 1. The van der Waals surface area contributed by atoms with Crippen LogP contribution in [0.4, 0.5) is 5.69 Å². The third kappa shape index (κ3) is 9.18. The van der Waals surface area contributed by atoms with Gasteiger partial charge in [0.1, 0.15) is 59.5 Å². The molecule has 8 rings (SSSR count). The van der Waals surface area contributed by atoms with Crippen molar-refractivity contribution in [2.75, 3.05) is 33.7 Å². The second kappa shape index (κ2) is 20.7. The fourth-order valence-corrected chi connectivity index (χ4v) is 14.0. The topological polar surface area (TPSA) is 249 Å². The van der Waals surface area contributed by atoms with Gasteiger partial charge < -0.3 is 83.0 Å². The summed E-state index contributed by atoms with van der Waals surface area (Å²) in [5.41, 5.74) is -5.97. The number of hydrogen-bond acceptors (Lipinski definition) is 19. The van der Waals surface area contributed by atoms with E-state index in [0.29, 0.717) is 37.8 Å². The van der Waals surface area contributed by atoms with Crippen LogP contribution in [0, 0.1) is 16.7 Å². The average Bonchev–Trinajstić information content (AvgIpc) is 3.57. The standard InChI is InChI=1S/C52H79NO18/c1-26-41(55)45(63-11)42(56)47(66-26)71-44-28(3)65-40(24-36(44)62-10)70-43-27(2)64-39(23-35(43)61-9)69-32-17-18-48(6)31(22-32)16-19-51(59)37(48)25-38(68-30(5)54)49(7)50(58,20-21-52(49,51)60)29(4)67-46(57)33-14-12-13-15-34(33)53-8/h12-16,26-29,32,35-45,47,53,55-56,58-60H,17-25H2,1-11H3/t26-,27-,28-,29+,32+,35+,36-,37-,38-,39+,40+,41-,42-,43-,44-,45-,47+,48+,49-,50+,51+,52-/m1/s1. The van der Waals surface area contributed by atoms with E-state index < -0.39 is 138 Å². The first kappa shape index (κ1) is 54.4. The normalized spacial score (nSPS) is 47.0. The minimum atomic E-state index is -1.95. The molecular formula is C52H79NO18. The molecule has 22 atom stereocenters. The van der Waals surface area contributed by atoms with Gasteiger partial charge in [-0.2, -0.15) is 0 Å². The monoisotopic (exact) mass is 1010 g/mol. The van der Waals surface area contributed by atoms with Gasteiger partial charge in [-0.3, -0.25) is 4.79 Å². The molecule has 0 spiro atoms. The van der Waals surface area contributed by atoms with E-state index in [9.17, 15) is 35.1 Å². The van der Waals surface area contributed by atoms with Crippen molar-refractivity contribution in [2.24, 2.45) is 16.7 Å². The number of esters is 2. The number of fused-ring (bicyclic) bond motifs is 5. The molecule has 19 heteroatoms. The Morgan fingerprint density at radius 3 is 2.04 bits per heavy atom. The summed E-state index contributed by atoms with van der Waals surface area (Å²) in [7, 11) is 6.30. The molecule has 6 N–H and O–H groups in total. The van der Waals surface area contributed by atoms with Crippen molar-refractivity contribution in [3.63, 3.8) is 0 Å². The van der Waals surface area contributed by atoms with Crippen LogP contribution in [0.3, 0.4) is 0 Å². The van der Waals surface area contributed by atoms with Crippen LogP contribution < -0.4 is 5.32 Å². The number of rotatable bonds is 14. The maximum absolute atomic E-state index is 13.6. The highest BCUT2D eigenvalue weighted by molar-refractivity contribution is 5.95. The smallest absolute Gasteiger partial charge is 0.340 e. The summed E-state index contributed by atoms with van der Waals surface area (Å²) in [5.74, 6) is -1.83. The van der Waals surface area contributed by atoms with Crippen molar-refractivity contribution in [3.05, 3.63) is 41.5 Å². The summed E-state index contributed by atoms with van der Waals surface area (Å²) < 4.78 is 67.5. The minimum absolute atomic E-state index is 0.0212. The highest BCUT2D eigenvalue weighted by Gasteiger charge is 2.81. The van der Waals surface area contributed by atoms with Gasteiger partial charge in [-0.25, -0.2) is 4.79 Å². The van der Waals surface area contributed by atoms with Crippen LogP contribution in [0.25, 0.3) is 0 Å². The second-order valence-electron chi connectivity index (χ2n) is 21.6. The molecule has 1 aromatic rings. The van der Waals surface area contributed by atoms with Crippen LogP contribution in [0.2, 0.25) is 0 Å². The SMILES string of the molecule is CNc1ccccc1C(=O)O[C@@H](C)[C@@]1(O)CC[C@@]2(O)[C@]1(C)[C@H](OC(C)=O)C[C@@H]1[C@@]3(C)CC[C@H](O[C@H]4C[C@H](OC)[C@H](O[C@H]5C[C@@H](OC)[C@H](O[C@@H]6O[C@H](C)[C@@H](O)[C@@H](OC)[C@H]6O)[C@@H](C)O5)[C@@H](C)O4)CC3=CC[C@]12O. The van der Waals surface area contributed by atoms with Crippen molar-refractivity contribution < 1.29 is 87.2 Å². The lowest BCUT2D eigenvalue weighted by Gasteiger charge is -2.67. The van der Waals surface area contributed by atoms with Gasteiger partial charge in [0.25, 0.3) is 0 Å². The summed E-state index contributed by atoms with van der Waals surface area (Å²) in [4.78, 5) is 26.5. The molecule has 4 aliphatic carbocycles. The summed E-state index contributed by atoms with van der Waals surface area (Å²) in [6.45, 7) is 12.1. The maximum Gasteiger partial charge on any atom is 0.340 e. The van der Waals surface area contributed by atoms with Gasteiger partial charge in [0.2, 0.25) is 0 Å². The molecule has 0 amide bonds. The molecule has 7 aliphatic rings. The zero-order valence-corrected chi connectivity index (χ0v) is 43.1. The van der Waals surface area contributed by atoms with Gasteiger partial charge in [-0.15, -0.1) is 0 Å². The Morgan fingerprint density at radius 1 is 0.789 bits per heavy atom. The molecule has 3 saturated heterocycles. The fourth-order valence-electron chi connectivity index (χ4n) is 14.0. The van der Waals surface area contributed by atoms with E-state index in [-0.39, 0.29) is 37.4 Å². The maximum atomic E-state index is 13.6. The van der Waals surface area contributed by atoms with Crippen molar-refractivity contribution in [3.8, 4) is 0 Å². The molecule has 0 bridgehead atoms. The van der Waals surface area contributed by atoms with E-state index in [0.717, 1.165) is 5.57 Å². The molecular weight excluding hydrogens is 927 g/mol.